The molecular weight excluding hydrogens is 416 g/mol. The third kappa shape index (κ3) is 4.17. The Morgan fingerprint density at radius 1 is 1.10 bits per heavy atom. The lowest BCUT2D eigenvalue weighted by Gasteiger charge is -2.19. The number of carbonyl (C=O) groups excluding carboxylic acids is 1. The Labute approximate surface area is 180 Å². The number of anilines is 1. The van der Waals surface area contributed by atoms with Gasteiger partial charge in [-0.1, -0.05) is 36.4 Å². The maximum Gasteiger partial charge on any atom is 0.264 e. The van der Waals surface area contributed by atoms with Crippen molar-refractivity contribution in [1.82, 2.24) is 4.90 Å². The maximum atomic E-state index is 13.1. The Morgan fingerprint density at radius 3 is 2.60 bits per heavy atom. The monoisotopic (exact) mass is 438 g/mol. The first-order chi connectivity index (χ1) is 14.4. The van der Waals surface area contributed by atoms with Crippen LogP contribution in [0.15, 0.2) is 77.0 Å². The molecule has 1 aliphatic heterocycles. The number of hydrogen-bond donors (Lipinski definition) is 0. The largest absolute Gasteiger partial charge is 0.337 e. The lowest BCUT2D eigenvalue weighted by Crippen LogP contribution is -2.29. The van der Waals surface area contributed by atoms with Gasteiger partial charge in [-0.25, -0.2) is 8.42 Å². The standard InChI is InChI=1S/C23H22N2O3S2/c1-24(17-20-6-4-16-29-20)23(26)13-10-18-8-11-21(12-9-18)30(27,28)25-15-14-19-5-2-3-7-22(19)25/h2-13,16H,14-15,17H2,1H3. The van der Waals surface area contributed by atoms with Crippen LogP contribution in [0.3, 0.4) is 0 Å². The molecule has 3 aromatic rings. The molecule has 1 aliphatic rings. The van der Waals surface area contributed by atoms with Gasteiger partial charge in [0.05, 0.1) is 17.1 Å². The number of benzene rings is 2. The first-order valence-electron chi connectivity index (χ1n) is 9.61. The summed E-state index contributed by atoms with van der Waals surface area (Å²) in [5.74, 6) is -0.103. The van der Waals surface area contributed by atoms with E-state index in [0.29, 0.717) is 13.1 Å². The van der Waals surface area contributed by atoms with E-state index < -0.39 is 10.0 Å². The lowest BCUT2D eigenvalue weighted by atomic mass is 10.2. The summed E-state index contributed by atoms with van der Waals surface area (Å²) in [7, 11) is -1.85. The molecule has 1 amide bonds. The summed E-state index contributed by atoms with van der Waals surface area (Å²) in [5.41, 5.74) is 2.57. The predicted octanol–water partition coefficient (Wildman–Crippen LogP) is 4.17. The van der Waals surface area contributed by atoms with Crippen LogP contribution in [0.2, 0.25) is 0 Å². The van der Waals surface area contributed by atoms with E-state index >= 15 is 0 Å². The van der Waals surface area contributed by atoms with Gasteiger partial charge in [0, 0.05) is 24.5 Å². The van der Waals surface area contributed by atoms with E-state index in [4.69, 9.17) is 0 Å². The predicted molar refractivity (Wildman–Crippen MR) is 121 cm³/mol. The number of sulfonamides is 1. The van der Waals surface area contributed by atoms with Gasteiger partial charge in [-0.05, 0) is 53.3 Å². The number of nitrogens with zero attached hydrogens (tertiary/aromatic N) is 2. The van der Waals surface area contributed by atoms with Crippen LogP contribution in [0, 0.1) is 0 Å². The molecule has 0 N–H and O–H groups in total. The molecule has 0 saturated carbocycles. The van der Waals surface area contributed by atoms with E-state index in [2.05, 4.69) is 0 Å². The van der Waals surface area contributed by atoms with Crippen LogP contribution < -0.4 is 4.31 Å². The smallest absolute Gasteiger partial charge is 0.264 e. The number of amides is 1. The fourth-order valence-electron chi connectivity index (χ4n) is 3.44. The zero-order chi connectivity index (χ0) is 21.1. The summed E-state index contributed by atoms with van der Waals surface area (Å²) in [6, 6.07) is 18.2. The average molecular weight is 439 g/mol. The van der Waals surface area contributed by atoms with Gasteiger partial charge in [-0.2, -0.15) is 0 Å². The van der Waals surface area contributed by atoms with E-state index in [1.807, 2.05) is 41.8 Å². The molecule has 0 radical (unpaired) electrons. The molecule has 0 unspecified atom stereocenters. The van der Waals surface area contributed by atoms with E-state index in [-0.39, 0.29) is 10.8 Å². The van der Waals surface area contributed by atoms with Crippen molar-refractivity contribution in [1.29, 1.82) is 0 Å². The van der Waals surface area contributed by atoms with Crippen molar-refractivity contribution < 1.29 is 13.2 Å². The van der Waals surface area contributed by atoms with Crippen molar-refractivity contribution in [3.8, 4) is 0 Å². The number of hydrogen-bond acceptors (Lipinski definition) is 4. The van der Waals surface area contributed by atoms with Crippen LogP contribution in [0.4, 0.5) is 5.69 Å². The normalized spacial score (nSPS) is 13.6. The number of carbonyl (C=O) groups is 1. The van der Waals surface area contributed by atoms with Crippen molar-refractivity contribution in [2.75, 3.05) is 17.9 Å². The number of thiophene rings is 1. The van der Waals surface area contributed by atoms with Crippen molar-refractivity contribution in [2.24, 2.45) is 0 Å². The van der Waals surface area contributed by atoms with Crippen molar-refractivity contribution in [3.05, 3.63) is 88.1 Å². The molecule has 5 nitrogen and oxygen atoms in total. The van der Waals surface area contributed by atoms with Gasteiger partial charge in [-0.3, -0.25) is 9.10 Å². The molecule has 30 heavy (non-hydrogen) atoms. The second kappa shape index (κ2) is 8.45. The van der Waals surface area contributed by atoms with Gasteiger partial charge >= 0.3 is 0 Å². The van der Waals surface area contributed by atoms with Crippen molar-refractivity contribution >= 4 is 39.0 Å². The maximum absolute atomic E-state index is 13.1. The second-order valence-corrected chi connectivity index (χ2v) is 10.0. The molecule has 0 aliphatic carbocycles. The third-order valence-electron chi connectivity index (χ3n) is 5.08. The van der Waals surface area contributed by atoms with E-state index in [0.717, 1.165) is 28.1 Å². The molecule has 4 rings (SSSR count). The molecule has 154 valence electrons. The van der Waals surface area contributed by atoms with Crippen LogP contribution in [0.1, 0.15) is 16.0 Å². The lowest BCUT2D eigenvalue weighted by molar-refractivity contribution is -0.125. The van der Waals surface area contributed by atoms with E-state index in [1.165, 1.54) is 10.4 Å². The minimum Gasteiger partial charge on any atom is -0.337 e. The molecule has 7 heteroatoms. The summed E-state index contributed by atoms with van der Waals surface area (Å²) < 4.78 is 27.6. The minimum atomic E-state index is -3.61. The fourth-order valence-corrected chi connectivity index (χ4v) is 5.71. The number of rotatable bonds is 6. The molecule has 0 atom stereocenters. The molecule has 0 fully saturated rings. The summed E-state index contributed by atoms with van der Waals surface area (Å²) in [4.78, 5) is 15.3. The molecule has 1 aromatic heterocycles. The highest BCUT2D eigenvalue weighted by Gasteiger charge is 2.30. The molecule has 0 saturated heterocycles. The topological polar surface area (TPSA) is 57.7 Å². The van der Waals surface area contributed by atoms with Crippen molar-refractivity contribution in [3.63, 3.8) is 0 Å². The first-order valence-corrected chi connectivity index (χ1v) is 11.9. The Kier molecular flexibility index (Phi) is 5.74. The highest BCUT2D eigenvalue weighted by molar-refractivity contribution is 7.92. The van der Waals surface area contributed by atoms with Crippen LogP contribution in [0.25, 0.3) is 6.08 Å². The Bertz CT molecular complexity index is 1170. The Hall–Kier alpha value is -2.90. The number of likely N-dealkylation sites (N-methyl/N-ethyl adjacent to an activating group) is 1. The van der Waals surface area contributed by atoms with E-state index in [1.54, 1.807) is 53.6 Å². The van der Waals surface area contributed by atoms with Gasteiger partial charge in [-0.15, -0.1) is 11.3 Å². The van der Waals surface area contributed by atoms with Crippen LogP contribution in [0.5, 0.6) is 0 Å². The zero-order valence-corrected chi connectivity index (χ0v) is 18.2. The van der Waals surface area contributed by atoms with Gasteiger partial charge < -0.3 is 4.90 Å². The van der Waals surface area contributed by atoms with Crippen LogP contribution in [-0.2, 0) is 27.8 Å². The number of para-hydroxylation sites is 1. The summed E-state index contributed by atoms with van der Waals surface area (Å²) in [6.45, 7) is 1.02. The van der Waals surface area contributed by atoms with E-state index in [9.17, 15) is 13.2 Å². The van der Waals surface area contributed by atoms with Gasteiger partial charge in [0.15, 0.2) is 0 Å². The van der Waals surface area contributed by atoms with Gasteiger partial charge in [0.25, 0.3) is 10.0 Å². The number of fused-ring (bicyclic) bond motifs is 1. The Balaban J connectivity index is 1.45. The quantitative estimate of drug-likeness (QED) is 0.543. The Morgan fingerprint density at radius 2 is 1.87 bits per heavy atom. The average Bonchev–Trinajstić information content (AvgIpc) is 3.42. The molecular formula is C23H22N2O3S2. The second-order valence-electron chi connectivity index (χ2n) is 7.13. The zero-order valence-electron chi connectivity index (χ0n) is 16.6. The van der Waals surface area contributed by atoms with Crippen LogP contribution >= 0.6 is 11.3 Å². The summed E-state index contributed by atoms with van der Waals surface area (Å²) >= 11 is 1.61. The summed E-state index contributed by atoms with van der Waals surface area (Å²) in [5, 5.41) is 1.99. The molecule has 0 bridgehead atoms. The fraction of sp³-hybridized carbons (Fsp3) is 0.174. The third-order valence-corrected chi connectivity index (χ3v) is 7.77. The molecule has 2 heterocycles. The molecule has 0 spiro atoms. The van der Waals surface area contributed by atoms with Gasteiger partial charge in [0.2, 0.25) is 5.91 Å². The highest BCUT2D eigenvalue weighted by Crippen LogP contribution is 2.32. The van der Waals surface area contributed by atoms with Gasteiger partial charge in [0.1, 0.15) is 0 Å². The SMILES string of the molecule is CN(Cc1cccs1)C(=O)C=Cc1ccc(S(=O)(=O)N2CCc3ccccc32)cc1. The van der Waals surface area contributed by atoms with Crippen molar-refractivity contribution in [2.45, 2.75) is 17.9 Å². The summed E-state index contributed by atoms with van der Waals surface area (Å²) in [6.07, 6.45) is 3.93. The first kappa shape index (κ1) is 20.4. The minimum absolute atomic E-state index is 0.103. The molecule has 2 aromatic carbocycles. The highest BCUT2D eigenvalue weighted by atomic mass is 32.2. The van der Waals surface area contributed by atoms with Crippen LogP contribution in [-0.4, -0.2) is 32.8 Å².